The van der Waals surface area contributed by atoms with Crippen LogP contribution in [0.5, 0.6) is 0 Å². The maximum absolute atomic E-state index is 11.6. The van der Waals surface area contributed by atoms with Gasteiger partial charge in [0, 0.05) is 33.2 Å². The summed E-state index contributed by atoms with van der Waals surface area (Å²) in [6, 6.07) is 0. The van der Waals surface area contributed by atoms with Crippen LogP contribution in [-0.4, -0.2) is 55.8 Å². The van der Waals surface area contributed by atoms with Crippen molar-refractivity contribution in [3.05, 3.63) is 0 Å². The molecule has 1 aliphatic carbocycles. The second-order valence-electron chi connectivity index (χ2n) is 8.49. The third-order valence-corrected chi connectivity index (χ3v) is 5.17. The smallest absolute Gasteiger partial charge is 0.407 e. The number of nitrogens with zero attached hydrogens (tertiary/aromatic N) is 2. The third-order valence-electron chi connectivity index (χ3n) is 5.17. The zero-order valence-electron chi connectivity index (χ0n) is 16.9. The Morgan fingerprint density at radius 1 is 1.12 bits per heavy atom. The molecule has 1 amide bonds. The van der Waals surface area contributed by atoms with E-state index >= 15 is 0 Å². The highest BCUT2D eigenvalue weighted by Crippen LogP contribution is 2.43. The number of rotatable bonds is 4. The van der Waals surface area contributed by atoms with E-state index in [1.807, 2.05) is 27.8 Å². The standard InChI is InChI=1S/C19H36N4O2.HI/c1-18(2,3)25-17(24)22-13-8-12-21-16(20-4)23-14-11-19(15-23)9-6-5-7-10-19;/h5-15H2,1-4H3,(H,20,21)(H,22,24);1H. The van der Waals surface area contributed by atoms with E-state index in [4.69, 9.17) is 4.74 Å². The summed E-state index contributed by atoms with van der Waals surface area (Å²) in [6.07, 6.45) is 8.72. The number of amides is 1. The average Bonchev–Trinajstić information content (AvgIpc) is 2.93. The molecule has 26 heavy (non-hydrogen) atoms. The van der Waals surface area contributed by atoms with E-state index < -0.39 is 5.60 Å². The molecule has 1 spiro atoms. The lowest BCUT2D eigenvalue weighted by Gasteiger charge is -2.33. The quantitative estimate of drug-likeness (QED) is 0.279. The van der Waals surface area contributed by atoms with Gasteiger partial charge in [-0.2, -0.15) is 0 Å². The van der Waals surface area contributed by atoms with E-state index in [9.17, 15) is 4.79 Å². The number of likely N-dealkylation sites (tertiary alicyclic amines) is 1. The molecule has 7 heteroatoms. The van der Waals surface area contributed by atoms with E-state index in [2.05, 4.69) is 20.5 Å². The Hall–Kier alpha value is -0.730. The first-order chi connectivity index (χ1) is 11.8. The fourth-order valence-corrected chi connectivity index (χ4v) is 3.95. The van der Waals surface area contributed by atoms with Crippen LogP contribution < -0.4 is 10.6 Å². The van der Waals surface area contributed by atoms with Crippen LogP contribution in [0.4, 0.5) is 4.79 Å². The molecule has 2 fully saturated rings. The highest BCUT2D eigenvalue weighted by atomic mass is 127. The van der Waals surface area contributed by atoms with E-state index in [-0.39, 0.29) is 30.1 Å². The lowest BCUT2D eigenvalue weighted by atomic mass is 9.73. The Bertz CT molecular complexity index is 471. The average molecular weight is 480 g/mol. The van der Waals surface area contributed by atoms with Gasteiger partial charge in [0.05, 0.1) is 0 Å². The highest BCUT2D eigenvalue weighted by molar-refractivity contribution is 14.0. The number of aliphatic imine (C=N–C) groups is 1. The van der Waals surface area contributed by atoms with E-state index in [1.165, 1.54) is 38.5 Å². The number of alkyl carbamates (subject to hydrolysis) is 1. The first-order valence-corrected chi connectivity index (χ1v) is 9.76. The molecule has 6 nitrogen and oxygen atoms in total. The number of guanidine groups is 1. The summed E-state index contributed by atoms with van der Waals surface area (Å²) in [7, 11) is 1.85. The van der Waals surface area contributed by atoms with Crippen molar-refractivity contribution in [2.45, 2.75) is 71.3 Å². The Kier molecular flexibility index (Phi) is 9.47. The molecule has 2 rings (SSSR count). The SMILES string of the molecule is CN=C(NCCCNC(=O)OC(C)(C)C)N1CCC2(CCCCC2)C1.I. The maximum atomic E-state index is 11.6. The van der Waals surface area contributed by atoms with Gasteiger partial charge in [-0.25, -0.2) is 4.79 Å². The number of hydrogen-bond acceptors (Lipinski definition) is 3. The van der Waals surface area contributed by atoms with Gasteiger partial charge < -0.3 is 20.3 Å². The summed E-state index contributed by atoms with van der Waals surface area (Å²) in [5, 5.41) is 6.23. The van der Waals surface area contributed by atoms with Crippen LogP contribution in [0.15, 0.2) is 4.99 Å². The fraction of sp³-hybridized carbons (Fsp3) is 0.895. The van der Waals surface area contributed by atoms with Crippen molar-refractivity contribution >= 4 is 36.0 Å². The molecule has 0 unspecified atom stereocenters. The van der Waals surface area contributed by atoms with Crippen molar-refractivity contribution in [3.63, 3.8) is 0 Å². The molecule has 1 aliphatic heterocycles. The number of halogens is 1. The Morgan fingerprint density at radius 2 is 1.77 bits per heavy atom. The third kappa shape index (κ3) is 7.48. The molecule has 0 aromatic carbocycles. The van der Waals surface area contributed by atoms with Crippen molar-refractivity contribution < 1.29 is 9.53 Å². The van der Waals surface area contributed by atoms with Gasteiger partial charge in [-0.15, -0.1) is 24.0 Å². The van der Waals surface area contributed by atoms with Crippen molar-refractivity contribution in [2.75, 3.05) is 33.2 Å². The molecule has 1 saturated carbocycles. The van der Waals surface area contributed by atoms with Crippen LogP contribution in [0.3, 0.4) is 0 Å². The van der Waals surface area contributed by atoms with Gasteiger partial charge in [0.15, 0.2) is 5.96 Å². The van der Waals surface area contributed by atoms with Crippen LogP contribution in [-0.2, 0) is 4.74 Å². The number of nitrogens with one attached hydrogen (secondary N) is 2. The fourth-order valence-electron chi connectivity index (χ4n) is 3.95. The molecular formula is C19H37IN4O2. The topological polar surface area (TPSA) is 66.0 Å². The summed E-state index contributed by atoms with van der Waals surface area (Å²) in [5.41, 5.74) is 0.0866. The monoisotopic (exact) mass is 480 g/mol. The lowest BCUT2D eigenvalue weighted by Crippen LogP contribution is -2.42. The summed E-state index contributed by atoms with van der Waals surface area (Å²) in [5.74, 6) is 1.000. The van der Waals surface area contributed by atoms with E-state index in [0.717, 1.165) is 32.0 Å². The van der Waals surface area contributed by atoms with E-state index in [1.54, 1.807) is 0 Å². The predicted octanol–water partition coefficient (Wildman–Crippen LogP) is 3.75. The molecule has 2 N–H and O–H groups in total. The molecule has 0 bridgehead atoms. The minimum absolute atomic E-state index is 0. The molecule has 0 radical (unpaired) electrons. The molecule has 1 heterocycles. The second kappa shape index (κ2) is 10.6. The highest BCUT2D eigenvalue weighted by Gasteiger charge is 2.39. The first-order valence-electron chi connectivity index (χ1n) is 9.76. The van der Waals surface area contributed by atoms with Gasteiger partial charge in [-0.1, -0.05) is 19.3 Å². The van der Waals surface area contributed by atoms with Crippen molar-refractivity contribution in [1.82, 2.24) is 15.5 Å². The summed E-state index contributed by atoms with van der Waals surface area (Å²) < 4.78 is 5.23. The zero-order chi connectivity index (χ0) is 18.3. The lowest BCUT2D eigenvalue weighted by molar-refractivity contribution is 0.0527. The molecule has 152 valence electrons. The molecule has 0 aromatic rings. The van der Waals surface area contributed by atoms with Gasteiger partial charge >= 0.3 is 6.09 Å². The molecule has 0 aromatic heterocycles. The van der Waals surface area contributed by atoms with Gasteiger partial charge in [0.1, 0.15) is 5.60 Å². The van der Waals surface area contributed by atoms with Crippen LogP contribution in [0.1, 0.15) is 65.7 Å². The van der Waals surface area contributed by atoms with Crippen LogP contribution in [0.25, 0.3) is 0 Å². The predicted molar refractivity (Wildman–Crippen MR) is 117 cm³/mol. The van der Waals surface area contributed by atoms with Gasteiger partial charge in [0.2, 0.25) is 0 Å². The normalized spacial score (nSPS) is 19.8. The van der Waals surface area contributed by atoms with Crippen molar-refractivity contribution in [2.24, 2.45) is 10.4 Å². The summed E-state index contributed by atoms with van der Waals surface area (Å²) >= 11 is 0. The molecule has 1 saturated heterocycles. The van der Waals surface area contributed by atoms with Crippen molar-refractivity contribution in [1.29, 1.82) is 0 Å². The summed E-state index contributed by atoms with van der Waals surface area (Å²) in [4.78, 5) is 18.5. The van der Waals surface area contributed by atoms with Gasteiger partial charge in [0.25, 0.3) is 0 Å². The molecular weight excluding hydrogens is 443 g/mol. The zero-order valence-corrected chi connectivity index (χ0v) is 19.2. The minimum atomic E-state index is -0.449. The summed E-state index contributed by atoms with van der Waals surface area (Å²) in [6.45, 7) is 9.25. The van der Waals surface area contributed by atoms with Crippen LogP contribution in [0.2, 0.25) is 0 Å². The van der Waals surface area contributed by atoms with Crippen molar-refractivity contribution in [3.8, 4) is 0 Å². The number of carbonyl (C=O) groups excluding carboxylic acids is 1. The number of carbonyl (C=O) groups is 1. The van der Waals surface area contributed by atoms with Gasteiger partial charge in [-0.05, 0) is 51.9 Å². The van der Waals surface area contributed by atoms with Crippen LogP contribution in [0, 0.1) is 5.41 Å². The Labute approximate surface area is 175 Å². The maximum Gasteiger partial charge on any atom is 0.407 e. The van der Waals surface area contributed by atoms with E-state index in [0.29, 0.717) is 12.0 Å². The Morgan fingerprint density at radius 3 is 2.38 bits per heavy atom. The number of ether oxygens (including phenoxy) is 1. The molecule has 2 aliphatic rings. The first kappa shape index (κ1) is 23.3. The minimum Gasteiger partial charge on any atom is -0.444 e. The largest absolute Gasteiger partial charge is 0.444 e. The van der Waals surface area contributed by atoms with Gasteiger partial charge in [-0.3, -0.25) is 4.99 Å². The second-order valence-corrected chi connectivity index (χ2v) is 8.49. The molecule has 0 atom stereocenters. The van der Waals surface area contributed by atoms with Crippen LogP contribution >= 0.6 is 24.0 Å². The Balaban J connectivity index is 0.00000338. The number of hydrogen-bond donors (Lipinski definition) is 2.